The molecule has 0 heterocycles. The van der Waals surface area contributed by atoms with Gasteiger partial charge in [0.05, 0.1) is 7.11 Å². The molecule has 0 aliphatic rings. The van der Waals surface area contributed by atoms with E-state index in [1.165, 1.54) is 0 Å². The summed E-state index contributed by atoms with van der Waals surface area (Å²) in [6.45, 7) is 7.40. The molecule has 0 fully saturated rings. The number of hydrogen-bond acceptors (Lipinski definition) is 5. The van der Waals surface area contributed by atoms with E-state index >= 15 is 0 Å². The second kappa shape index (κ2) is 9.28. The fourth-order valence-corrected chi connectivity index (χ4v) is 2.59. The number of thioether (sulfide) groups is 1. The van der Waals surface area contributed by atoms with Crippen molar-refractivity contribution in [3.8, 4) is 11.5 Å². The molecular weight excluding hydrogens is 298 g/mol. The van der Waals surface area contributed by atoms with Crippen molar-refractivity contribution in [3.63, 3.8) is 0 Å². The standard InChI is InChI=1S/C17H29NO3S/c1-13(10-17(2,3)22-5)18-11-14(19)12-21-16-8-6-7-15(9-16)20-4/h6-9,13-14,18-19H,10-12H2,1-5H3. The van der Waals surface area contributed by atoms with E-state index in [2.05, 4.69) is 32.3 Å². The second-order valence-electron chi connectivity index (χ2n) is 6.12. The molecule has 0 spiro atoms. The van der Waals surface area contributed by atoms with E-state index in [0.29, 0.717) is 18.3 Å². The maximum absolute atomic E-state index is 10.0. The Bertz CT molecular complexity index is 440. The monoisotopic (exact) mass is 327 g/mol. The Hall–Kier alpha value is -0.910. The average molecular weight is 327 g/mol. The summed E-state index contributed by atoms with van der Waals surface area (Å²) in [6.07, 6.45) is 2.65. The van der Waals surface area contributed by atoms with Crippen LogP contribution in [0.4, 0.5) is 0 Å². The van der Waals surface area contributed by atoms with E-state index in [4.69, 9.17) is 9.47 Å². The van der Waals surface area contributed by atoms with Gasteiger partial charge in [-0.1, -0.05) is 19.9 Å². The quantitative estimate of drug-likeness (QED) is 0.692. The Morgan fingerprint density at radius 2 is 2.00 bits per heavy atom. The number of ether oxygens (including phenoxy) is 2. The van der Waals surface area contributed by atoms with Crippen molar-refractivity contribution in [2.75, 3.05) is 26.5 Å². The number of aliphatic hydroxyl groups excluding tert-OH is 1. The van der Waals surface area contributed by atoms with E-state index in [9.17, 15) is 5.11 Å². The van der Waals surface area contributed by atoms with E-state index in [1.807, 2.05) is 36.0 Å². The zero-order valence-corrected chi connectivity index (χ0v) is 15.1. The maximum Gasteiger partial charge on any atom is 0.123 e. The highest BCUT2D eigenvalue weighted by molar-refractivity contribution is 7.99. The first-order valence-electron chi connectivity index (χ1n) is 7.59. The summed E-state index contributed by atoms with van der Waals surface area (Å²) in [5, 5.41) is 13.4. The van der Waals surface area contributed by atoms with Crippen LogP contribution in [0, 0.1) is 0 Å². The third-order valence-corrected chi connectivity index (χ3v) is 4.81. The molecule has 2 N–H and O–H groups in total. The minimum absolute atomic E-state index is 0.245. The van der Waals surface area contributed by atoms with Crippen LogP contribution in [0.5, 0.6) is 11.5 Å². The van der Waals surface area contributed by atoms with Crippen molar-refractivity contribution >= 4 is 11.8 Å². The van der Waals surface area contributed by atoms with Gasteiger partial charge in [0.15, 0.2) is 0 Å². The van der Waals surface area contributed by atoms with Crippen LogP contribution in [0.1, 0.15) is 27.2 Å². The molecule has 1 aromatic carbocycles. The summed E-state index contributed by atoms with van der Waals surface area (Å²) in [5.41, 5.74) is 0. The van der Waals surface area contributed by atoms with E-state index in [1.54, 1.807) is 7.11 Å². The van der Waals surface area contributed by atoms with Crippen LogP contribution in [0.25, 0.3) is 0 Å². The lowest BCUT2D eigenvalue weighted by atomic mass is 10.0. The smallest absolute Gasteiger partial charge is 0.123 e. The summed E-state index contributed by atoms with van der Waals surface area (Å²) in [6, 6.07) is 7.75. The summed E-state index contributed by atoms with van der Waals surface area (Å²) >= 11 is 1.86. The first kappa shape index (κ1) is 19.1. The molecule has 2 unspecified atom stereocenters. The topological polar surface area (TPSA) is 50.7 Å². The lowest BCUT2D eigenvalue weighted by Crippen LogP contribution is -2.39. The number of nitrogens with one attached hydrogen (secondary N) is 1. The Morgan fingerprint density at radius 3 is 2.64 bits per heavy atom. The lowest BCUT2D eigenvalue weighted by Gasteiger charge is -2.27. The molecule has 5 heteroatoms. The molecule has 0 saturated heterocycles. The van der Waals surface area contributed by atoms with Gasteiger partial charge in [0, 0.05) is 23.4 Å². The molecule has 126 valence electrons. The van der Waals surface area contributed by atoms with Gasteiger partial charge in [-0.15, -0.1) is 0 Å². The third kappa shape index (κ3) is 7.38. The predicted octanol–water partition coefficient (Wildman–Crippen LogP) is 2.94. The zero-order valence-electron chi connectivity index (χ0n) is 14.3. The largest absolute Gasteiger partial charge is 0.497 e. The normalized spacial score (nSPS) is 14.5. The van der Waals surface area contributed by atoms with E-state index < -0.39 is 6.10 Å². The van der Waals surface area contributed by atoms with Crippen LogP contribution in [0.2, 0.25) is 0 Å². The minimum Gasteiger partial charge on any atom is -0.497 e. The lowest BCUT2D eigenvalue weighted by molar-refractivity contribution is 0.103. The number of hydrogen-bond donors (Lipinski definition) is 2. The number of aliphatic hydroxyl groups is 1. The van der Waals surface area contributed by atoms with Gasteiger partial charge in [-0.05, 0) is 31.7 Å². The minimum atomic E-state index is -0.536. The van der Waals surface area contributed by atoms with Gasteiger partial charge in [0.1, 0.15) is 24.2 Å². The van der Waals surface area contributed by atoms with Gasteiger partial charge in [0.2, 0.25) is 0 Å². The van der Waals surface area contributed by atoms with Crippen molar-refractivity contribution in [1.82, 2.24) is 5.32 Å². The highest BCUT2D eigenvalue weighted by Crippen LogP contribution is 2.26. The highest BCUT2D eigenvalue weighted by Gasteiger charge is 2.20. The molecule has 0 radical (unpaired) electrons. The first-order valence-corrected chi connectivity index (χ1v) is 8.82. The molecule has 4 nitrogen and oxygen atoms in total. The van der Waals surface area contributed by atoms with Crippen molar-refractivity contribution < 1.29 is 14.6 Å². The van der Waals surface area contributed by atoms with Gasteiger partial charge < -0.3 is 19.9 Å². The van der Waals surface area contributed by atoms with Crippen LogP contribution in [-0.4, -0.2) is 48.5 Å². The van der Waals surface area contributed by atoms with Crippen LogP contribution >= 0.6 is 11.8 Å². The molecule has 0 aliphatic carbocycles. The average Bonchev–Trinajstić information content (AvgIpc) is 2.50. The van der Waals surface area contributed by atoms with Crippen molar-refractivity contribution in [3.05, 3.63) is 24.3 Å². The molecular formula is C17H29NO3S. The summed E-state index contributed by atoms with van der Waals surface area (Å²) in [7, 11) is 1.62. The second-order valence-corrected chi connectivity index (χ2v) is 7.63. The molecule has 1 rings (SSSR count). The maximum atomic E-state index is 10.0. The van der Waals surface area contributed by atoms with Crippen molar-refractivity contribution in [2.45, 2.75) is 44.1 Å². The number of methoxy groups -OCH3 is 1. The summed E-state index contributed by atoms with van der Waals surface area (Å²) in [4.78, 5) is 0. The summed E-state index contributed by atoms with van der Waals surface area (Å²) < 4.78 is 11.0. The molecule has 22 heavy (non-hydrogen) atoms. The Kier molecular flexibility index (Phi) is 8.07. The van der Waals surface area contributed by atoms with Gasteiger partial charge in [0.25, 0.3) is 0 Å². The molecule has 0 bridgehead atoms. The fraction of sp³-hybridized carbons (Fsp3) is 0.647. The van der Waals surface area contributed by atoms with E-state index in [0.717, 1.165) is 12.2 Å². The van der Waals surface area contributed by atoms with Gasteiger partial charge >= 0.3 is 0 Å². The Balaban J connectivity index is 2.29. The molecule has 0 aliphatic heterocycles. The third-order valence-electron chi connectivity index (χ3n) is 3.54. The van der Waals surface area contributed by atoms with Crippen LogP contribution in [0.15, 0.2) is 24.3 Å². The Labute approximate surface area is 138 Å². The number of rotatable bonds is 10. The SMILES string of the molecule is COc1cccc(OCC(O)CNC(C)CC(C)(C)SC)c1. The van der Waals surface area contributed by atoms with Crippen LogP contribution in [-0.2, 0) is 0 Å². The molecule has 1 aromatic rings. The Morgan fingerprint density at radius 1 is 1.32 bits per heavy atom. The molecule has 2 atom stereocenters. The van der Waals surface area contributed by atoms with Crippen molar-refractivity contribution in [1.29, 1.82) is 0 Å². The van der Waals surface area contributed by atoms with Crippen molar-refractivity contribution in [2.24, 2.45) is 0 Å². The van der Waals surface area contributed by atoms with Gasteiger partial charge in [-0.25, -0.2) is 0 Å². The fourth-order valence-electron chi connectivity index (χ4n) is 2.17. The number of benzene rings is 1. The molecule has 0 aromatic heterocycles. The van der Waals surface area contributed by atoms with Crippen LogP contribution < -0.4 is 14.8 Å². The van der Waals surface area contributed by atoms with Gasteiger partial charge in [-0.3, -0.25) is 0 Å². The predicted molar refractivity (Wildman–Crippen MR) is 94.2 cm³/mol. The molecule has 0 saturated carbocycles. The molecule has 0 amide bonds. The first-order chi connectivity index (χ1) is 10.4. The van der Waals surface area contributed by atoms with E-state index in [-0.39, 0.29) is 11.4 Å². The highest BCUT2D eigenvalue weighted by atomic mass is 32.2. The van der Waals surface area contributed by atoms with Gasteiger partial charge in [-0.2, -0.15) is 11.8 Å². The zero-order chi connectivity index (χ0) is 16.6. The van der Waals surface area contributed by atoms with Crippen LogP contribution in [0.3, 0.4) is 0 Å². The summed E-state index contributed by atoms with van der Waals surface area (Å²) in [5.74, 6) is 1.45.